The second-order valence-corrected chi connectivity index (χ2v) is 6.10. The molecule has 0 aliphatic carbocycles. The third-order valence-electron chi connectivity index (χ3n) is 3.05. The Labute approximate surface area is 112 Å². The first-order valence-electron chi connectivity index (χ1n) is 6.53. The van der Waals surface area contributed by atoms with Crippen molar-refractivity contribution in [1.29, 1.82) is 0 Å². The molecule has 1 heterocycles. The van der Waals surface area contributed by atoms with Crippen molar-refractivity contribution in [1.82, 2.24) is 5.32 Å². The Balaban J connectivity index is 2.29. The molecule has 0 aliphatic heterocycles. The lowest BCUT2D eigenvalue weighted by Crippen LogP contribution is -2.18. The quantitative estimate of drug-likeness (QED) is 0.847. The summed E-state index contributed by atoms with van der Waals surface area (Å²) in [6.45, 7) is 8.37. The first-order valence-corrected chi connectivity index (χ1v) is 7.34. The van der Waals surface area contributed by atoms with Gasteiger partial charge in [-0.25, -0.2) is 4.39 Å². The van der Waals surface area contributed by atoms with Gasteiger partial charge in [0.05, 0.1) is 4.70 Å². The van der Waals surface area contributed by atoms with Gasteiger partial charge in [-0.15, -0.1) is 11.3 Å². The summed E-state index contributed by atoms with van der Waals surface area (Å²) in [5.74, 6) is 0.545. The van der Waals surface area contributed by atoms with Gasteiger partial charge < -0.3 is 5.32 Å². The average molecular weight is 265 g/mol. The summed E-state index contributed by atoms with van der Waals surface area (Å²) in [7, 11) is 0. The van der Waals surface area contributed by atoms with Gasteiger partial charge in [0.25, 0.3) is 0 Å². The lowest BCUT2D eigenvalue weighted by atomic mass is 10.1. The molecule has 0 amide bonds. The number of fused-ring (bicyclic) bond motifs is 1. The number of thiophene rings is 1. The molecule has 18 heavy (non-hydrogen) atoms. The number of hydrogen-bond acceptors (Lipinski definition) is 2. The molecule has 1 N–H and O–H groups in total. The minimum Gasteiger partial charge on any atom is -0.312 e. The fourth-order valence-electron chi connectivity index (χ4n) is 2.19. The van der Waals surface area contributed by atoms with E-state index in [0.29, 0.717) is 5.92 Å². The summed E-state index contributed by atoms with van der Waals surface area (Å²) < 4.78 is 14.6. The van der Waals surface area contributed by atoms with Crippen molar-refractivity contribution in [3.63, 3.8) is 0 Å². The van der Waals surface area contributed by atoms with Crippen molar-refractivity contribution in [2.75, 3.05) is 6.54 Å². The van der Waals surface area contributed by atoms with Gasteiger partial charge in [0, 0.05) is 11.4 Å². The topological polar surface area (TPSA) is 12.0 Å². The highest BCUT2D eigenvalue weighted by Crippen LogP contribution is 2.33. The molecule has 0 aliphatic rings. The van der Waals surface area contributed by atoms with Crippen LogP contribution in [-0.2, 0) is 13.0 Å². The van der Waals surface area contributed by atoms with Gasteiger partial charge in [-0.05, 0) is 35.9 Å². The van der Waals surface area contributed by atoms with E-state index >= 15 is 0 Å². The van der Waals surface area contributed by atoms with Crippen LogP contribution in [0.1, 0.15) is 31.2 Å². The van der Waals surface area contributed by atoms with E-state index in [4.69, 9.17) is 0 Å². The van der Waals surface area contributed by atoms with Crippen LogP contribution in [0.25, 0.3) is 10.1 Å². The van der Waals surface area contributed by atoms with E-state index in [1.165, 1.54) is 10.4 Å². The van der Waals surface area contributed by atoms with Gasteiger partial charge in [-0.2, -0.15) is 0 Å². The molecule has 0 saturated heterocycles. The van der Waals surface area contributed by atoms with Gasteiger partial charge in [0.1, 0.15) is 5.82 Å². The van der Waals surface area contributed by atoms with E-state index in [0.717, 1.165) is 29.6 Å². The fourth-order valence-corrected chi connectivity index (χ4v) is 3.45. The summed E-state index contributed by atoms with van der Waals surface area (Å²) in [6.07, 6.45) is 0.960. The minimum absolute atomic E-state index is 0.0951. The maximum Gasteiger partial charge on any atom is 0.141 e. The van der Waals surface area contributed by atoms with Crippen LogP contribution in [-0.4, -0.2) is 6.54 Å². The van der Waals surface area contributed by atoms with Crippen LogP contribution in [0.4, 0.5) is 4.39 Å². The molecule has 0 radical (unpaired) electrons. The second kappa shape index (κ2) is 5.81. The van der Waals surface area contributed by atoms with Crippen LogP contribution >= 0.6 is 11.3 Å². The normalized spacial score (nSPS) is 11.6. The lowest BCUT2D eigenvalue weighted by molar-refractivity contribution is 0.554. The molecule has 1 nitrogen and oxygen atoms in total. The van der Waals surface area contributed by atoms with E-state index in [-0.39, 0.29) is 5.82 Å². The molecule has 3 heteroatoms. The SMILES string of the molecule is CCc1c(CNCC(C)C)sc2c(F)cccc12. The summed E-state index contributed by atoms with van der Waals surface area (Å²) in [6, 6.07) is 5.37. The highest BCUT2D eigenvalue weighted by Gasteiger charge is 2.12. The molecule has 0 fully saturated rings. The summed E-state index contributed by atoms with van der Waals surface area (Å²) in [5.41, 5.74) is 1.30. The Kier molecular flexibility index (Phi) is 4.36. The third kappa shape index (κ3) is 2.73. The van der Waals surface area contributed by atoms with Crippen LogP contribution in [0.2, 0.25) is 0 Å². The molecular weight excluding hydrogens is 245 g/mol. The van der Waals surface area contributed by atoms with Crippen molar-refractivity contribution >= 4 is 21.4 Å². The first kappa shape index (κ1) is 13.5. The number of hydrogen-bond donors (Lipinski definition) is 1. The highest BCUT2D eigenvalue weighted by atomic mass is 32.1. The van der Waals surface area contributed by atoms with Gasteiger partial charge in [0.2, 0.25) is 0 Å². The number of nitrogens with one attached hydrogen (secondary N) is 1. The van der Waals surface area contributed by atoms with Gasteiger partial charge in [0.15, 0.2) is 0 Å². The molecule has 1 aromatic heterocycles. The standard InChI is InChI=1S/C15H20FNS/c1-4-11-12-6-5-7-13(16)15(12)18-14(11)9-17-8-10(2)3/h5-7,10,17H,4,8-9H2,1-3H3. The van der Waals surface area contributed by atoms with E-state index in [1.807, 2.05) is 6.07 Å². The zero-order valence-corrected chi connectivity index (χ0v) is 12.0. The predicted octanol–water partition coefficient (Wildman–Crippen LogP) is 4.35. The molecule has 0 bridgehead atoms. The van der Waals surface area contributed by atoms with Crippen molar-refractivity contribution < 1.29 is 4.39 Å². The van der Waals surface area contributed by atoms with E-state index in [2.05, 4.69) is 26.1 Å². The third-order valence-corrected chi connectivity index (χ3v) is 4.30. The van der Waals surface area contributed by atoms with Crippen LogP contribution in [0.5, 0.6) is 0 Å². The van der Waals surface area contributed by atoms with Crippen LogP contribution in [0.3, 0.4) is 0 Å². The fraction of sp³-hybridized carbons (Fsp3) is 0.467. The minimum atomic E-state index is -0.0951. The second-order valence-electron chi connectivity index (χ2n) is 5.00. The molecule has 2 aromatic rings. The largest absolute Gasteiger partial charge is 0.312 e. The van der Waals surface area contributed by atoms with Crippen molar-refractivity contribution in [2.24, 2.45) is 5.92 Å². The zero-order chi connectivity index (χ0) is 13.1. The zero-order valence-electron chi connectivity index (χ0n) is 11.2. The Hall–Kier alpha value is -0.930. The molecule has 0 spiro atoms. The molecule has 0 saturated carbocycles. The van der Waals surface area contributed by atoms with Crippen LogP contribution in [0, 0.1) is 11.7 Å². The Morgan fingerprint density at radius 2 is 2.11 bits per heavy atom. The van der Waals surface area contributed by atoms with Crippen molar-refractivity contribution in [3.8, 4) is 0 Å². The number of rotatable bonds is 5. The summed E-state index contributed by atoms with van der Waals surface area (Å²) in [5, 5.41) is 4.53. The molecule has 2 rings (SSSR count). The summed E-state index contributed by atoms with van der Waals surface area (Å²) in [4.78, 5) is 1.28. The van der Waals surface area contributed by atoms with Crippen molar-refractivity contribution in [2.45, 2.75) is 33.7 Å². The Bertz CT molecular complexity index is 531. The predicted molar refractivity (Wildman–Crippen MR) is 77.7 cm³/mol. The Morgan fingerprint density at radius 3 is 2.78 bits per heavy atom. The summed E-state index contributed by atoms with van der Waals surface area (Å²) >= 11 is 1.59. The highest BCUT2D eigenvalue weighted by molar-refractivity contribution is 7.19. The number of aryl methyl sites for hydroxylation is 1. The van der Waals surface area contributed by atoms with Gasteiger partial charge in [-0.1, -0.05) is 32.9 Å². The monoisotopic (exact) mass is 265 g/mol. The molecule has 1 aromatic carbocycles. The van der Waals surface area contributed by atoms with E-state index in [1.54, 1.807) is 23.5 Å². The maximum absolute atomic E-state index is 13.8. The first-order chi connectivity index (χ1) is 8.63. The molecule has 0 unspecified atom stereocenters. The maximum atomic E-state index is 13.8. The number of benzene rings is 1. The average Bonchev–Trinajstić information content (AvgIpc) is 2.68. The lowest BCUT2D eigenvalue weighted by Gasteiger charge is -2.07. The Morgan fingerprint density at radius 1 is 1.33 bits per heavy atom. The number of halogens is 1. The van der Waals surface area contributed by atoms with E-state index in [9.17, 15) is 4.39 Å². The van der Waals surface area contributed by atoms with Gasteiger partial charge in [-0.3, -0.25) is 0 Å². The smallest absolute Gasteiger partial charge is 0.141 e. The molecule has 98 valence electrons. The van der Waals surface area contributed by atoms with Crippen LogP contribution < -0.4 is 5.32 Å². The van der Waals surface area contributed by atoms with Gasteiger partial charge >= 0.3 is 0 Å². The van der Waals surface area contributed by atoms with Crippen LogP contribution in [0.15, 0.2) is 18.2 Å². The van der Waals surface area contributed by atoms with E-state index < -0.39 is 0 Å². The molecular formula is C15H20FNS. The van der Waals surface area contributed by atoms with Crippen molar-refractivity contribution in [3.05, 3.63) is 34.5 Å². The molecule has 0 atom stereocenters.